The first-order valence-corrected chi connectivity index (χ1v) is 11.2. The van der Waals surface area contributed by atoms with Crippen molar-refractivity contribution in [3.63, 3.8) is 0 Å². The summed E-state index contributed by atoms with van der Waals surface area (Å²) >= 11 is 6.19. The summed E-state index contributed by atoms with van der Waals surface area (Å²) in [6.07, 6.45) is 3.91. The summed E-state index contributed by atoms with van der Waals surface area (Å²) in [4.78, 5) is 18.5. The number of rotatable bonds is 6. The quantitative estimate of drug-likeness (QED) is 0.519. The summed E-state index contributed by atoms with van der Waals surface area (Å²) < 4.78 is 13.1. The molecule has 0 N–H and O–H groups in total. The van der Waals surface area contributed by atoms with Gasteiger partial charge in [-0.2, -0.15) is 4.80 Å². The number of amides is 1. The monoisotopic (exact) mass is 468 g/mol. The fourth-order valence-electron chi connectivity index (χ4n) is 4.06. The lowest BCUT2D eigenvalue weighted by Gasteiger charge is -2.39. The van der Waals surface area contributed by atoms with E-state index in [0.717, 1.165) is 36.3 Å². The fraction of sp³-hybridized carbons (Fsp3) is 0.333. The molecule has 1 aliphatic heterocycles. The Morgan fingerprint density at radius 1 is 1.21 bits per heavy atom. The number of carbonyl (C=O) groups is 1. The summed E-state index contributed by atoms with van der Waals surface area (Å²) in [5, 5.41) is 12.7. The molecule has 2 heterocycles. The van der Waals surface area contributed by atoms with Crippen LogP contribution in [0.2, 0.25) is 5.02 Å². The van der Waals surface area contributed by atoms with Crippen LogP contribution in [0, 0.1) is 5.82 Å². The molecule has 0 radical (unpaired) electrons. The van der Waals surface area contributed by atoms with Crippen molar-refractivity contribution in [3.8, 4) is 0 Å². The predicted octanol–water partition coefficient (Wildman–Crippen LogP) is 3.34. The minimum atomic E-state index is -0.230. The largest absolute Gasteiger partial charge is 0.334 e. The van der Waals surface area contributed by atoms with Crippen molar-refractivity contribution in [2.45, 2.75) is 25.9 Å². The normalized spacial score (nSPS) is 17.1. The Balaban J connectivity index is 1.39. The minimum absolute atomic E-state index is 0.0255. The van der Waals surface area contributed by atoms with Crippen molar-refractivity contribution in [3.05, 3.63) is 81.9 Å². The highest BCUT2D eigenvalue weighted by Crippen LogP contribution is 2.20. The number of carbonyl (C=O) groups excluding carboxylic acids is 1. The third-order valence-electron chi connectivity index (χ3n) is 5.72. The molecule has 1 fully saturated rings. The Bertz CT molecular complexity index is 1150. The van der Waals surface area contributed by atoms with Crippen LogP contribution in [-0.4, -0.2) is 61.6 Å². The van der Waals surface area contributed by atoms with Crippen molar-refractivity contribution in [1.29, 1.82) is 0 Å². The second-order valence-electron chi connectivity index (χ2n) is 8.29. The van der Waals surface area contributed by atoms with Crippen molar-refractivity contribution in [2.75, 3.05) is 19.6 Å². The zero-order chi connectivity index (χ0) is 23.4. The van der Waals surface area contributed by atoms with Gasteiger partial charge in [-0.1, -0.05) is 29.8 Å². The summed E-state index contributed by atoms with van der Waals surface area (Å²) in [5.74, 6) is 0.334. The molecule has 1 aliphatic rings. The maximum Gasteiger partial charge on any atom is 0.246 e. The van der Waals surface area contributed by atoms with Crippen LogP contribution in [0.25, 0.3) is 6.08 Å². The summed E-state index contributed by atoms with van der Waals surface area (Å²) in [5.41, 5.74) is 2.88. The maximum absolute atomic E-state index is 13.1. The molecule has 9 heteroatoms. The van der Waals surface area contributed by atoms with E-state index in [-0.39, 0.29) is 17.8 Å². The van der Waals surface area contributed by atoms with Gasteiger partial charge in [-0.25, -0.2) is 4.39 Å². The summed E-state index contributed by atoms with van der Waals surface area (Å²) in [6, 6.07) is 12.2. The second-order valence-corrected chi connectivity index (χ2v) is 8.73. The van der Waals surface area contributed by atoms with Gasteiger partial charge in [0.15, 0.2) is 5.82 Å². The number of nitrogens with zero attached hydrogens (tertiary/aromatic N) is 6. The number of hydrogen-bond acceptors (Lipinski definition) is 5. The van der Waals surface area contributed by atoms with Crippen LogP contribution in [0.15, 0.2) is 48.5 Å². The Kier molecular flexibility index (Phi) is 7.15. The van der Waals surface area contributed by atoms with Crippen LogP contribution in [0.5, 0.6) is 0 Å². The molecule has 1 saturated heterocycles. The van der Waals surface area contributed by atoms with Crippen LogP contribution in [0.4, 0.5) is 4.39 Å². The lowest BCUT2D eigenvalue weighted by molar-refractivity contribution is -0.130. The van der Waals surface area contributed by atoms with Gasteiger partial charge in [0.05, 0.1) is 7.05 Å². The van der Waals surface area contributed by atoms with Gasteiger partial charge >= 0.3 is 0 Å². The molecule has 2 aromatic carbocycles. The number of hydrogen-bond donors (Lipinski definition) is 0. The van der Waals surface area contributed by atoms with E-state index < -0.39 is 0 Å². The van der Waals surface area contributed by atoms with E-state index in [9.17, 15) is 9.18 Å². The minimum Gasteiger partial charge on any atom is -0.334 e. The van der Waals surface area contributed by atoms with Crippen molar-refractivity contribution in [2.24, 2.45) is 7.05 Å². The van der Waals surface area contributed by atoms with E-state index in [4.69, 9.17) is 11.6 Å². The third kappa shape index (κ3) is 6.03. The molecule has 172 valence electrons. The number of aryl methyl sites for hydroxylation is 1. The standard InChI is InChI=1S/C24H26ClFN6O/c1-17-15-31(16-18-3-8-22(26)9-4-18)11-12-32(17)24(33)10-6-19-5-7-21(25)13-20(19)14-23-27-29-30(2)28-23/h3-10,13,17H,11-12,14-16H2,1-2H3. The lowest BCUT2D eigenvalue weighted by atomic mass is 10.0. The topological polar surface area (TPSA) is 67.2 Å². The van der Waals surface area contributed by atoms with Crippen LogP contribution >= 0.6 is 11.6 Å². The van der Waals surface area contributed by atoms with Gasteiger partial charge in [0.1, 0.15) is 5.82 Å². The van der Waals surface area contributed by atoms with Gasteiger partial charge < -0.3 is 4.90 Å². The number of piperazine rings is 1. The van der Waals surface area contributed by atoms with Gasteiger partial charge in [-0.05, 0) is 59.2 Å². The van der Waals surface area contributed by atoms with Crippen molar-refractivity contribution < 1.29 is 9.18 Å². The molecule has 33 heavy (non-hydrogen) atoms. The molecule has 3 aromatic rings. The lowest BCUT2D eigenvalue weighted by Crippen LogP contribution is -2.53. The van der Waals surface area contributed by atoms with E-state index in [1.54, 1.807) is 31.3 Å². The average Bonchev–Trinajstić information content (AvgIpc) is 3.19. The number of benzene rings is 2. The Morgan fingerprint density at radius 3 is 2.70 bits per heavy atom. The van der Waals surface area contributed by atoms with Gasteiger partial charge in [0.2, 0.25) is 5.91 Å². The summed E-state index contributed by atoms with van der Waals surface area (Å²) in [7, 11) is 1.72. The zero-order valence-corrected chi connectivity index (χ0v) is 19.4. The van der Waals surface area contributed by atoms with E-state index in [1.807, 2.05) is 23.1 Å². The first kappa shape index (κ1) is 23.1. The molecule has 1 aromatic heterocycles. The third-order valence-corrected chi connectivity index (χ3v) is 5.96. The molecule has 0 bridgehead atoms. The average molecular weight is 469 g/mol. The van der Waals surface area contributed by atoms with Crippen molar-refractivity contribution >= 4 is 23.6 Å². The number of halogens is 2. The molecular weight excluding hydrogens is 443 g/mol. The molecule has 0 saturated carbocycles. The number of tetrazole rings is 1. The summed E-state index contributed by atoms with van der Waals surface area (Å²) in [6.45, 7) is 4.97. The first-order chi connectivity index (χ1) is 15.9. The van der Waals surface area contributed by atoms with E-state index >= 15 is 0 Å². The molecule has 1 amide bonds. The highest BCUT2D eigenvalue weighted by molar-refractivity contribution is 6.30. The predicted molar refractivity (Wildman–Crippen MR) is 125 cm³/mol. The van der Waals surface area contributed by atoms with E-state index in [1.165, 1.54) is 16.9 Å². The Morgan fingerprint density at radius 2 is 2.00 bits per heavy atom. The highest BCUT2D eigenvalue weighted by atomic mass is 35.5. The second kappa shape index (κ2) is 10.2. The maximum atomic E-state index is 13.1. The Hall–Kier alpha value is -3.10. The molecule has 1 unspecified atom stereocenters. The highest BCUT2D eigenvalue weighted by Gasteiger charge is 2.26. The molecule has 4 rings (SSSR count). The van der Waals surface area contributed by atoms with E-state index in [2.05, 4.69) is 27.2 Å². The first-order valence-electron chi connectivity index (χ1n) is 10.8. The van der Waals surface area contributed by atoms with E-state index in [0.29, 0.717) is 23.8 Å². The fourth-order valence-corrected chi connectivity index (χ4v) is 4.26. The van der Waals surface area contributed by atoms with Crippen LogP contribution in [0.1, 0.15) is 29.4 Å². The van der Waals surface area contributed by atoms with Crippen LogP contribution in [-0.2, 0) is 24.8 Å². The van der Waals surface area contributed by atoms with Gasteiger partial charge in [-0.3, -0.25) is 9.69 Å². The molecular formula is C24H26ClFN6O. The van der Waals surface area contributed by atoms with Gasteiger partial charge in [0.25, 0.3) is 0 Å². The Labute approximate surface area is 197 Å². The van der Waals surface area contributed by atoms with Crippen molar-refractivity contribution in [1.82, 2.24) is 30.0 Å². The number of aromatic nitrogens is 4. The molecule has 1 atom stereocenters. The SMILES string of the molecule is CC1CN(Cc2ccc(F)cc2)CCN1C(=O)C=Cc1ccc(Cl)cc1Cc1nnn(C)n1. The zero-order valence-electron chi connectivity index (χ0n) is 18.7. The smallest absolute Gasteiger partial charge is 0.246 e. The molecule has 7 nitrogen and oxygen atoms in total. The van der Waals surface area contributed by atoms with Crippen LogP contribution in [0.3, 0.4) is 0 Å². The van der Waals surface area contributed by atoms with Crippen LogP contribution < -0.4 is 0 Å². The van der Waals surface area contributed by atoms with Gasteiger partial charge in [0, 0.05) is 49.7 Å². The van der Waals surface area contributed by atoms with Gasteiger partial charge in [-0.15, -0.1) is 10.2 Å². The molecule has 0 spiro atoms. The molecule has 0 aliphatic carbocycles.